The lowest BCUT2D eigenvalue weighted by Gasteiger charge is -2.08. The van der Waals surface area contributed by atoms with Crippen molar-refractivity contribution in [1.29, 1.82) is 0 Å². The third-order valence-electron chi connectivity index (χ3n) is 2.47. The number of ether oxygens (including phenoxy) is 1. The lowest BCUT2D eigenvalue weighted by atomic mass is 10.2. The van der Waals surface area contributed by atoms with E-state index in [9.17, 15) is 8.78 Å². The summed E-state index contributed by atoms with van der Waals surface area (Å²) in [4.78, 5) is 8.16. The van der Waals surface area contributed by atoms with Crippen LogP contribution in [0.15, 0.2) is 24.3 Å². The SMILES string of the molecule is COCc1nc(Cl)cc(NCc2ccc(F)c(F)c2)n1. The van der Waals surface area contributed by atoms with E-state index >= 15 is 0 Å². The van der Waals surface area contributed by atoms with E-state index in [4.69, 9.17) is 16.3 Å². The number of hydrogen-bond acceptors (Lipinski definition) is 4. The molecule has 0 saturated heterocycles. The molecule has 0 aliphatic carbocycles. The molecule has 106 valence electrons. The number of nitrogens with one attached hydrogen (secondary N) is 1. The van der Waals surface area contributed by atoms with Crippen LogP contribution >= 0.6 is 11.6 Å². The number of rotatable bonds is 5. The van der Waals surface area contributed by atoms with Gasteiger partial charge in [0, 0.05) is 19.7 Å². The topological polar surface area (TPSA) is 47.0 Å². The van der Waals surface area contributed by atoms with E-state index in [0.29, 0.717) is 17.2 Å². The fourth-order valence-corrected chi connectivity index (χ4v) is 1.79. The average Bonchev–Trinajstić information content (AvgIpc) is 2.40. The highest BCUT2D eigenvalue weighted by Crippen LogP contribution is 2.14. The van der Waals surface area contributed by atoms with Crippen LogP contribution < -0.4 is 5.32 Å². The molecule has 1 N–H and O–H groups in total. The van der Waals surface area contributed by atoms with Crippen LogP contribution in [0.4, 0.5) is 14.6 Å². The summed E-state index contributed by atoms with van der Waals surface area (Å²) in [6.07, 6.45) is 0. The molecule has 0 atom stereocenters. The van der Waals surface area contributed by atoms with E-state index in [0.717, 1.165) is 12.1 Å². The van der Waals surface area contributed by atoms with Crippen LogP contribution in [-0.2, 0) is 17.9 Å². The number of anilines is 1. The number of aromatic nitrogens is 2. The van der Waals surface area contributed by atoms with Crippen molar-refractivity contribution in [2.45, 2.75) is 13.2 Å². The standard InChI is InChI=1S/C13H12ClF2N3O/c1-20-7-13-18-11(14)5-12(19-13)17-6-8-2-3-9(15)10(16)4-8/h2-5H,6-7H2,1H3,(H,17,18,19). The highest BCUT2D eigenvalue weighted by atomic mass is 35.5. The second kappa shape index (κ2) is 6.58. The number of hydrogen-bond donors (Lipinski definition) is 1. The molecule has 1 aromatic carbocycles. The van der Waals surface area contributed by atoms with Gasteiger partial charge in [-0.05, 0) is 17.7 Å². The van der Waals surface area contributed by atoms with Crippen LogP contribution in [0.2, 0.25) is 5.15 Å². The summed E-state index contributed by atoms with van der Waals surface area (Å²) in [5.74, 6) is -0.833. The van der Waals surface area contributed by atoms with Crippen LogP contribution in [0.3, 0.4) is 0 Å². The molecule has 0 unspecified atom stereocenters. The molecule has 4 nitrogen and oxygen atoms in total. The molecule has 0 saturated carbocycles. The normalized spacial score (nSPS) is 10.6. The Morgan fingerprint density at radius 3 is 2.70 bits per heavy atom. The van der Waals surface area contributed by atoms with Crippen LogP contribution in [0.1, 0.15) is 11.4 Å². The second-order valence-electron chi connectivity index (χ2n) is 4.03. The molecule has 1 aromatic heterocycles. The van der Waals surface area contributed by atoms with Gasteiger partial charge in [0.1, 0.15) is 17.6 Å². The van der Waals surface area contributed by atoms with Crippen molar-refractivity contribution in [2.24, 2.45) is 0 Å². The molecule has 0 fully saturated rings. The average molecular weight is 300 g/mol. The molecule has 0 spiro atoms. The maximum absolute atomic E-state index is 13.1. The zero-order chi connectivity index (χ0) is 14.5. The van der Waals surface area contributed by atoms with Crippen molar-refractivity contribution in [2.75, 3.05) is 12.4 Å². The molecule has 0 radical (unpaired) electrons. The first-order valence-electron chi connectivity index (χ1n) is 5.78. The van der Waals surface area contributed by atoms with E-state index in [-0.39, 0.29) is 18.3 Å². The minimum absolute atomic E-state index is 0.237. The van der Waals surface area contributed by atoms with Crippen molar-refractivity contribution in [3.8, 4) is 0 Å². The van der Waals surface area contributed by atoms with Crippen LogP contribution in [0.25, 0.3) is 0 Å². The van der Waals surface area contributed by atoms with E-state index in [1.807, 2.05) is 0 Å². The fourth-order valence-electron chi connectivity index (χ4n) is 1.59. The van der Waals surface area contributed by atoms with Gasteiger partial charge in [-0.1, -0.05) is 17.7 Å². The molecule has 0 amide bonds. The maximum Gasteiger partial charge on any atom is 0.159 e. The maximum atomic E-state index is 13.1. The van der Waals surface area contributed by atoms with Gasteiger partial charge < -0.3 is 10.1 Å². The summed E-state index contributed by atoms with van der Waals surface area (Å²) < 4.78 is 30.8. The first kappa shape index (κ1) is 14.6. The van der Waals surface area contributed by atoms with Crippen molar-refractivity contribution in [3.63, 3.8) is 0 Å². The Morgan fingerprint density at radius 1 is 1.20 bits per heavy atom. The molecule has 2 aromatic rings. The van der Waals surface area contributed by atoms with Crippen molar-refractivity contribution < 1.29 is 13.5 Å². The molecule has 0 aliphatic heterocycles. The van der Waals surface area contributed by atoms with Crippen molar-refractivity contribution >= 4 is 17.4 Å². The zero-order valence-corrected chi connectivity index (χ0v) is 11.4. The van der Waals surface area contributed by atoms with Crippen LogP contribution in [0, 0.1) is 11.6 Å². The predicted octanol–water partition coefficient (Wildman–Crippen LogP) is 3.17. The van der Waals surface area contributed by atoms with Crippen molar-refractivity contribution in [3.05, 3.63) is 52.4 Å². The fraction of sp³-hybridized carbons (Fsp3) is 0.231. The van der Waals surface area contributed by atoms with Gasteiger partial charge in [0.2, 0.25) is 0 Å². The Hall–Kier alpha value is -1.79. The molecule has 0 bridgehead atoms. The molecule has 1 heterocycles. The Kier molecular flexibility index (Phi) is 4.81. The summed E-state index contributed by atoms with van der Waals surface area (Å²) in [6, 6.07) is 5.24. The highest BCUT2D eigenvalue weighted by molar-refractivity contribution is 6.29. The van der Waals surface area contributed by atoms with Gasteiger partial charge in [0.25, 0.3) is 0 Å². The van der Waals surface area contributed by atoms with Gasteiger partial charge in [-0.3, -0.25) is 0 Å². The quantitative estimate of drug-likeness (QED) is 0.862. The minimum atomic E-state index is -0.884. The number of halogens is 3. The third kappa shape index (κ3) is 3.85. The second-order valence-corrected chi connectivity index (χ2v) is 4.41. The largest absolute Gasteiger partial charge is 0.377 e. The number of methoxy groups -OCH3 is 1. The predicted molar refractivity (Wildman–Crippen MR) is 71.4 cm³/mol. The monoisotopic (exact) mass is 299 g/mol. The molecular formula is C13H12ClF2N3O. The Bertz CT molecular complexity index is 610. The summed E-state index contributed by atoms with van der Waals surface area (Å²) in [5.41, 5.74) is 0.590. The van der Waals surface area contributed by atoms with Crippen LogP contribution in [-0.4, -0.2) is 17.1 Å². The molecule has 2 rings (SSSR count). The summed E-state index contributed by atoms with van der Waals surface area (Å²) in [7, 11) is 1.53. The van der Waals surface area contributed by atoms with Gasteiger partial charge in [0.15, 0.2) is 17.5 Å². The van der Waals surface area contributed by atoms with E-state index in [2.05, 4.69) is 15.3 Å². The number of benzene rings is 1. The van der Waals surface area contributed by atoms with Gasteiger partial charge in [-0.2, -0.15) is 0 Å². The summed E-state index contributed by atoms with van der Waals surface area (Å²) in [5, 5.41) is 3.24. The van der Waals surface area contributed by atoms with Gasteiger partial charge >= 0.3 is 0 Å². The smallest absolute Gasteiger partial charge is 0.159 e. The summed E-state index contributed by atoms with van der Waals surface area (Å²) in [6.45, 7) is 0.525. The van der Waals surface area contributed by atoms with Gasteiger partial charge in [-0.25, -0.2) is 18.7 Å². The molecule has 0 aliphatic rings. The third-order valence-corrected chi connectivity index (χ3v) is 2.67. The van der Waals surface area contributed by atoms with Crippen molar-refractivity contribution in [1.82, 2.24) is 9.97 Å². The molecule has 7 heteroatoms. The zero-order valence-electron chi connectivity index (χ0n) is 10.7. The minimum Gasteiger partial charge on any atom is -0.377 e. The van der Waals surface area contributed by atoms with E-state index in [1.54, 1.807) is 6.07 Å². The van der Waals surface area contributed by atoms with E-state index in [1.165, 1.54) is 13.2 Å². The highest BCUT2D eigenvalue weighted by Gasteiger charge is 2.05. The summed E-state index contributed by atoms with van der Waals surface area (Å²) >= 11 is 5.86. The first-order valence-corrected chi connectivity index (χ1v) is 6.16. The Balaban J connectivity index is 2.08. The molecular weight excluding hydrogens is 288 g/mol. The van der Waals surface area contributed by atoms with Gasteiger partial charge in [-0.15, -0.1) is 0 Å². The van der Waals surface area contributed by atoms with Crippen LogP contribution in [0.5, 0.6) is 0 Å². The van der Waals surface area contributed by atoms with E-state index < -0.39 is 11.6 Å². The lowest BCUT2D eigenvalue weighted by Crippen LogP contribution is -2.05. The first-order chi connectivity index (χ1) is 9.58. The lowest BCUT2D eigenvalue weighted by molar-refractivity contribution is 0.178. The Morgan fingerprint density at radius 2 is 2.00 bits per heavy atom. The Labute approximate surface area is 119 Å². The number of nitrogens with zero attached hydrogens (tertiary/aromatic N) is 2. The van der Waals surface area contributed by atoms with Gasteiger partial charge in [0.05, 0.1) is 0 Å². The molecule has 20 heavy (non-hydrogen) atoms.